The first-order chi connectivity index (χ1) is 8.08. The van der Waals surface area contributed by atoms with Gasteiger partial charge < -0.3 is 9.84 Å². The van der Waals surface area contributed by atoms with Gasteiger partial charge >= 0.3 is 5.97 Å². The highest BCUT2D eigenvalue weighted by Crippen LogP contribution is 2.48. The molecule has 5 heteroatoms. The molecule has 1 fully saturated rings. The molecule has 0 radical (unpaired) electrons. The van der Waals surface area contributed by atoms with Gasteiger partial charge in [0.05, 0.1) is 5.92 Å². The van der Waals surface area contributed by atoms with Crippen molar-refractivity contribution >= 4 is 5.97 Å². The minimum absolute atomic E-state index is 0.0115. The fourth-order valence-corrected chi connectivity index (χ4v) is 1.83. The maximum Gasteiger partial charge on any atom is 0.307 e. The van der Waals surface area contributed by atoms with Gasteiger partial charge in [0, 0.05) is 0 Å². The Hall–Kier alpha value is -1.65. The number of alkyl halides is 2. The largest absolute Gasteiger partial charge is 0.488 e. The maximum absolute atomic E-state index is 12.0. The summed E-state index contributed by atoms with van der Waals surface area (Å²) >= 11 is 0. The van der Waals surface area contributed by atoms with E-state index in [1.807, 2.05) is 0 Å². The van der Waals surface area contributed by atoms with Crippen LogP contribution in [0, 0.1) is 5.92 Å². The number of halogens is 2. The van der Waals surface area contributed by atoms with Crippen LogP contribution in [-0.2, 0) is 4.79 Å². The Morgan fingerprint density at radius 3 is 2.88 bits per heavy atom. The number of aliphatic carboxylic acids is 1. The Labute approximate surface area is 97.0 Å². The van der Waals surface area contributed by atoms with Crippen molar-refractivity contribution in [2.24, 2.45) is 5.92 Å². The molecular weight excluding hydrogens is 230 g/mol. The molecule has 1 saturated carbocycles. The van der Waals surface area contributed by atoms with E-state index in [-0.39, 0.29) is 11.8 Å². The van der Waals surface area contributed by atoms with Crippen LogP contribution in [0.1, 0.15) is 17.9 Å². The lowest BCUT2D eigenvalue weighted by atomic mass is 10.1. The molecule has 2 atom stereocenters. The Bertz CT molecular complexity index is 420. The molecule has 0 aromatic heterocycles. The van der Waals surface area contributed by atoms with Gasteiger partial charge in [0.15, 0.2) is 0 Å². The molecule has 0 unspecified atom stereocenters. The summed E-state index contributed by atoms with van der Waals surface area (Å²) < 4.78 is 28.8. The second kappa shape index (κ2) is 4.69. The summed E-state index contributed by atoms with van der Waals surface area (Å²) in [6.07, 6.45) is -1.90. The summed E-state index contributed by atoms with van der Waals surface area (Å²) in [5.74, 6) is -0.810. The van der Waals surface area contributed by atoms with Crippen LogP contribution >= 0.6 is 0 Å². The molecule has 1 aromatic rings. The summed E-state index contributed by atoms with van der Waals surface area (Å²) in [5, 5.41) is 8.80. The number of benzene rings is 1. The van der Waals surface area contributed by atoms with Crippen LogP contribution in [0.2, 0.25) is 0 Å². The fourth-order valence-electron chi connectivity index (χ4n) is 1.83. The first-order valence-electron chi connectivity index (χ1n) is 5.31. The van der Waals surface area contributed by atoms with Gasteiger partial charge in [-0.05, 0) is 30.0 Å². The van der Waals surface area contributed by atoms with Gasteiger partial charge in [-0.1, -0.05) is 12.1 Å². The summed E-state index contributed by atoms with van der Waals surface area (Å²) in [6, 6.07) is 6.70. The Kier molecular flexibility index (Phi) is 3.26. The highest BCUT2D eigenvalue weighted by molar-refractivity contribution is 5.75. The molecule has 0 spiro atoms. The van der Waals surface area contributed by atoms with E-state index < -0.39 is 19.0 Å². The van der Waals surface area contributed by atoms with Crippen molar-refractivity contribution in [2.45, 2.75) is 18.8 Å². The lowest BCUT2D eigenvalue weighted by molar-refractivity contribution is -0.138. The van der Waals surface area contributed by atoms with Gasteiger partial charge in [-0.15, -0.1) is 0 Å². The number of hydrogen-bond donors (Lipinski definition) is 1. The highest BCUT2D eigenvalue weighted by Gasteiger charge is 2.44. The van der Waals surface area contributed by atoms with Crippen molar-refractivity contribution in [1.29, 1.82) is 0 Å². The van der Waals surface area contributed by atoms with Crippen molar-refractivity contribution in [3.05, 3.63) is 29.8 Å². The van der Waals surface area contributed by atoms with Crippen LogP contribution in [0.3, 0.4) is 0 Å². The molecule has 0 amide bonds. The Balaban J connectivity index is 2.00. The number of hydrogen-bond acceptors (Lipinski definition) is 2. The molecule has 0 bridgehead atoms. The normalized spacial score (nSPS) is 22.5. The molecule has 17 heavy (non-hydrogen) atoms. The van der Waals surface area contributed by atoms with Crippen LogP contribution < -0.4 is 4.74 Å². The Morgan fingerprint density at radius 1 is 1.53 bits per heavy atom. The molecule has 1 aliphatic carbocycles. The third-order valence-corrected chi connectivity index (χ3v) is 2.77. The second-order valence-corrected chi connectivity index (χ2v) is 4.06. The van der Waals surface area contributed by atoms with E-state index in [0.29, 0.717) is 12.2 Å². The van der Waals surface area contributed by atoms with E-state index in [9.17, 15) is 13.6 Å². The van der Waals surface area contributed by atoms with Crippen LogP contribution in [-0.4, -0.2) is 24.1 Å². The van der Waals surface area contributed by atoms with Crippen LogP contribution in [0.25, 0.3) is 0 Å². The quantitative estimate of drug-likeness (QED) is 0.863. The molecule has 1 aromatic carbocycles. The standard InChI is InChI=1S/C12H12F2O3/c13-11(14)6-17-8-3-1-2-7(4-8)9-5-10(9)12(15)16/h1-4,9-11H,5-6H2,(H,15,16)/t9-,10-/m1/s1. The topological polar surface area (TPSA) is 46.5 Å². The van der Waals surface area contributed by atoms with Crippen molar-refractivity contribution < 1.29 is 23.4 Å². The summed E-state index contributed by atoms with van der Waals surface area (Å²) in [7, 11) is 0. The van der Waals surface area contributed by atoms with Crippen LogP contribution in [0.5, 0.6) is 5.75 Å². The molecule has 0 aliphatic heterocycles. The summed E-state index contributed by atoms with van der Waals surface area (Å²) in [4.78, 5) is 10.7. The predicted molar refractivity (Wildman–Crippen MR) is 56.4 cm³/mol. The van der Waals surface area contributed by atoms with Gasteiger partial charge in [0.25, 0.3) is 6.43 Å². The van der Waals surface area contributed by atoms with Crippen LogP contribution in [0.15, 0.2) is 24.3 Å². The fraction of sp³-hybridized carbons (Fsp3) is 0.417. The minimum Gasteiger partial charge on any atom is -0.488 e. The molecule has 0 heterocycles. The van der Waals surface area contributed by atoms with Gasteiger partial charge in [0.1, 0.15) is 12.4 Å². The average molecular weight is 242 g/mol. The monoisotopic (exact) mass is 242 g/mol. The van der Waals surface area contributed by atoms with Crippen molar-refractivity contribution in [1.82, 2.24) is 0 Å². The molecule has 1 N–H and O–H groups in total. The third-order valence-electron chi connectivity index (χ3n) is 2.77. The van der Waals surface area contributed by atoms with E-state index in [2.05, 4.69) is 0 Å². The van der Waals surface area contributed by atoms with E-state index in [0.717, 1.165) is 5.56 Å². The lowest BCUT2D eigenvalue weighted by Crippen LogP contribution is -2.07. The highest BCUT2D eigenvalue weighted by atomic mass is 19.3. The lowest BCUT2D eigenvalue weighted by Gasteiger charge is -2.07. The number of carboxylic acids is 1. The zero-order valence-electron chi connectivity index (χ0n) is 8.98. The smallest absolute Gasteiger partial charge is 0.307 e. The number of carbonyl (C=O) groups is 1. The summed E-state index contributed by atoms with van der Waals surface area (Å²) in [5.41, 5.74) is 0.837. The first-order valence-corrected chi connectivity index (χ1v) is 5.31. The minimum atomic E-state index is -2.51. The van der Waals surface area contributed by atoms with Crippen molar-refractivity contribution in [2.75, 3.05) is 6.61 Å². The molecular formula is C12H12F2O3. The maximum atomic E-state index is 12.0. The number of carboxylic acid groups (broad SMARTS) is 1. The van der Waals surface area contributed by atoms with Crippen LogP contribution in [0.4, 0.5) is 8.78 Å². The van der Waals surface area contributed by atoms with Gasteiger partial charge in [0.2, 0.25) is 0 Å². The molecule has 1 aliphatic rings. The molecule has 3 nitrogen and oxygen atoms in total. The number of ether oxygens (including phenoxy) is 1. The first kappa shape index (κ1) is 11.8. The molecule has 2 rings (SSSR count). The van der Waals surface area contributed by atoms with E-state index in [4.69, 9.17) is 9.84 Å². The van der Waals surface area contributed by atoms with E-state index in [1.165, 1.54) is 0 Å². The SMILES string of the molecule is O=C(O)[C@@H]1C[C@@H]1c1cccc(OCC(F)F)c1. The van der Waals surface area contributed by atoms with E-state index >= 15 is 0 Å². The predicted octanol–water partition coefficient (Wildman–Crippen LogP) is 2.52. The average Bonchev–Trinajstić information content (AvgIpc) is 3.06. The molecule has 0 saturated heterocycles. The van der Waals surface area contributed by atoms with E-state index in [1.54, 1.807) is 24.3 Å². The van der Waals surface area contributed by atoms with Crippen molar-refractivity contribution in [3.8, 4) is 5.75 Å². The van der Waals surface area contributed by atoms with Gasteiger partial charge in [-0.25, -0.2) is 8.78 Å². The third kappa shape index (κ3) is 2.93. The molecule has 92 valence electrons. The zero-order chi connectivity index (χ0) is 12.4. The zero-order valence-corrected chi connectivity index (χ0v) is 8.98. The van der Waals surface area contributed by atoms with Gasteiger partial charge in [-0.2, -0.15) is 0 Å². The second-order valence-electron chi connectivity index (χ2n) is 4.06. The summed E-state index contributed by atoms with van der Waals surface area (Å²) in [6.45, 7) is -0.642. The Morgan fingerprint density at radius 2 is 2.29 bits per heavy atom. The van der Waals surface area contributed by atoms with Gasteiger partial charge in [-0.3, -0.25) is 4.79 Å². The number of rotatable bonds is 5. The van der Waals surface area contributed by atoms with Crippen molar-refractivity contribution in [3.63, 3.8) is 0 Å².